The number of furan rings is 1. The SMILES string of the molecule is COCC1CCCN(Cc2cc(CNC3CC3)co2)C1. The maximum absolute atomic E-state index is 5.70. The first-order valence-electron chi connectivity index (χ1n) is 7.84. The first kappa shape index (κ1) is 14.1. The van der Waals surface area contributed by atoms with E-state index >= 15 is 0 Å². The van der Waals surface area contributed by atoms with Crippen LogP contribution in [0, 0.1) is 5.92 Å². The highest BCUT2D eigenvalue weighted by molar-refractivity contribution is 5.13. The fraction of sp³-hybridized carbons (Fsp3) is 0.750. The van der Waals surface area contributed by atoms with Gasteiger partial charge in [-0.15, -0.1) is 0 Å². The van der Waals surface area contributed by atoms with Crippen LogP contribution in [0.15, 0.2) is 16.7 Å². The highest BCUT2D eigenvalue weighted by Gasteiger charge is 2.22. The third kappa shape index (κ3) is 4.08. The summed E-state index contributed by atoms with van der Waals surface area (Å²) in [5.74, 6) is 1.77. The van der Waals surface area contributed by atoms with Gasteiger partial charge in [0.15, 0.2) is 0 Å². The second-order valence-electron chi connectivity index (χ2n) is 6.28. The van der Waals surface area contributed by atoms with Crippen molar-refractivity contribution in [1.82, 2.24) is 10.2 Å². The van der Waals surface area contributed by atoms with E-state index in [1.807, 2.05) is 6.26 Å². The summed E-state index contributed by atoms with van der Waals surface area (Å²) >= 11 is 0. The molecule has 0 aromatic carbocycles. The zero-order chi connectivity index (χ0) is 13.8. The van der Waals surface area contributed by atoms with Crippen LogP contribution >= 0.6 is 0 Å². The quantitative estimate of drug-likeness (QED) is 0.831. The van der Waals surface area contributed by atoms with Crippen molar-refractivity contribution >= 4 is 0 Å². The third-order valence-electron chi connectivity index (χ3n) is 4.27. The first-order chi connectivity index (χ1) is 9.83. The van der Waals surface area contributed by atoms with Gasteiger partial charge in [-0.2, -0.15) is 0 Å². The summed E-state index contributed by atoms with van der Waals surface area (Å²) < 4.78 is 11.0. The van der Waals surface area contributed by atoms with E-state index in [9.17, 15) is 0 Å². The number of likely N-dealkylation sites (tertiary alicyclic amines) is 1. The molecule has 20 heavy (non-hydrogen) atoms. The van der Waals surface area contributed by atoms with Crippen molar-refractivity contribution < 1.29 is 9.15 Å². The molecule has 0 spiro atoms. The molecule has 2 heterocycles. The maximum atomic E-state index is 5.70. The molecule has 1 aromatic rings. The lowest BCUT2D eigenvalue weighted by Crippen LogP contribution is -2.36. The number of rotatable bonds is 7. The van der Waals surface area contributed by atoms with E-state index in [4.69, 9.17) is 9.15 Å². The zero-order valence-corrected chi connectivity index (χ0v) is 12.4. The number of nitrogens with one attached hydrogen (secondary N) is 1. The van der Waals surface area contributed by atoms with Gasteiger partial charge in [0, 0.05) is 31.8 Å². The fourth-order valence-electron chi connectivity index (χ4n) is 3.04. The van der Waals surface area contributed by atoms with E-state index in [2.05, 4.69) is 16.3 Å². The molecule has 0 bridgehead atoms. The Balaban J connectivity index is 1.46. The van der Waals surface area contributed by atoms with Crippen LogP contribution in [0.4, 0.5) is 0 Å². The van der Waals surface area contributed by atoms with E-state index in [0.717, 1.165) is 38.0 Å². The Labute approximate surface area is 121 Å². The van der Waals surface area contributed by atoms with Crippen molar-refractivity contribution in [3.05, 3.63) is 23.7 Å². The highest BCUT2D eigenvalue weighted by atomic mass is 16.5. The van der Waals surface area contributed by atoms with Crippen LogP contribution < -0.4 is 5.32 Å². The second-order valence-corrected chi connectivity index (χ2v) is 6.28. The first-order valence-corrected chi connectivity index (χ1v) is 7.84. The molecular weight excluding hydrogens is 252 g/mol. The largest absolute Gasteiger partial charge is 0.468 e. The minimum Gasteiger partial charge on any atom is -0.468 e. The number of ether oxygens (including phenoxy) is 1. The van der Waals surface area contributed by atoms with E-state index in [0.29, 0.717) is 5.92 Å². The summed E-state index contributed by atoms with van der Waals surface area (Å²) in [5.41, 5.74) is 1.28. The van der Waals surface area contributed by atoms with Crippen LogP contribution in [0.3, 0.4) is 0 Å². The van der Waals surface area contributed by atoms with Gasteiger partial charge in [-0.25, -0.2) is 0 Å². The number of hydrogen-bond acceptors (Lipinski definition) is 4. The lowest BCUT2D eigenvalue weighted by atomic mass is 9.99. The summed E-state index contributed by atoms with van der Waals surface area (Å²) in [6, 6.07) is 2.96. The molecule has 1 aromatic heterocycles. The standard InChI is InChI=1S/C16H26N2O2/c1-19-11-13-3-2-6-18(9-13)10-16-7-14(12-20-16)8-17-15-4-5-15/h7,12-13,15,17H,2-6,8-11H2,1H3. The van der Waals surface area contributed by atoms with Crippen LogP contribution in [0.1, 0.15) is 37.0 Å². The number of hydrogen-bond donors (Lipinski definition) is 1. The highest BCUT2D eigenvalue weighted by Crippen LogP contribution is 2.21. The van der Waals surface area contributed by atoms with Crippen molar-refractivity contribution in [2.45, 2.75) is 44.8 Å². The lowest BCUT2D eigenvalue weighted by molar-refractivity contribution is 0.0840. The third-order valence-corrected chi connectivity index (χ3v) is 4.27. The van der Waals surface area contributed by atoms with Crippen molar-refractivity contribution in [3.63, 3.8) is 0 Å². The van der Waals surface area contributed by atoms with E-state index in [-0.39, 0.29) is 0 Å². The second kappa shape index (κ2) is 6.74. The Hall–Kier alpha value is -0.840. The molecule has 3 rings (SSSR count). The minimum absolute atomic E-state index is 0.680. The molecule has 1 unspecified atom stereocenters. The molecule has 1 saturated carbocycles. The molecule has 0 amide bonds. The van der Waals surface area contributed by atoms with Crippen LogP contribution in [0.2, 0.25) is 0 Å². The van der Waals surface area contributed by atoms with Gasteiger partial charge in [-0.3, -0.25) is 4.90 Å². The predicted octanol–water partition coefficient (Wildman–Crippen LogP) is 2.39. The summed E-state index contributed by atoms with van der Waals surface area (Å²) in [6.45, 7) is 5.07. The molecular formula is C16H26N2O2. The molecule has 1 saturated heterocycles. The van der Waals surface area contributed by atoms with Gasteiger partial charge < -0.3 is 14.5 Å². The van der Waals surface area contributed by atoms with Crippen LogP contribution in [0.25, 0.3) is 0 Å². The van der Waals surface area contributed by atoms with E-state index < -0.39 is 0 Å². The van der Waals surface area contributed by atoms with Gasteiger partial charge in [0.1, 0.15) is 5.76 Å². The fourth-order valence-corrected chi connectivity index (χ4v) is 3.04. The van der Waals surface area contributed by atoms with Crippen molar-refractivity contribution in [1.29, 1.82) is 0 Å². The molecule has 1 aliphatic carbocycles. The Morgan fingerprint density at radius 2 is 2.30 bits per heavy atom. The van der Waals surface area contributed by atoms with E-state index in [1.165, 1.54) is 37.8 Å². The Kier molecular flexibility index (Phi) is 4.76. The molecule has 2 aliphatic rings. The summed E-state index contributed by atoms with van der Waals surface area (Å²) in [5, 5.41) is 3.52. The average Bonchev–Trinajstić information content (AvgIpc) is 3.18. The molecule has 4 heteroatoms. The van der Waals surface area contributed by atoms with Gasteiger partial charge in [0.2, 0.25) is 0 Å². The number of methoxy groups -OCH3 is 1. The monoisotopic (exact) mass is 278 g/mol. The molecule has 1 atom stereocenters. The number of nitrogens with zero attached hydrogens (tertiary/aromatic N) is 1. The Morgan fingerprint density at radius 3 is 3.10 bits per heavy atom. The van der Waals surface area contributed by atoms with Crippen LogP contribution in [0.5, 0.6) is 0 Å². The molecule has 2 fully saturated rings. The van der Waals surface area contributed by atoms with Gasteiger partial charge in [-0.1, -0.05) is 0 Å². The molecule has 1 N–H and O–H groups in total. The van der Waals surface area contributed by atoms with Crippen molar-refractivity contribution in [2.75, 3.05) is 26.8 Å². The van der Waals surface area contributed by atoms with Crippen LogP contribution in [-0.2, 0) is 17.8 Å². The molecule has 1 aliphatic heterocycles. The van der Waals surface area contributed by atoms with Gasteiger partial charge >= 0.3 is 0 Å². The molecule has 0 radical (unpaired) electrons. The predicted molar refractivity (Wildman–Crippen MR) is 78.4 cm³/mol. The summed E-state index contributed by atoms with van der Waals surface area (Å²) in [6.07, 6.45) is 7.13. The van der Waals surface area contributed by atoms with Gasteiger partial charge in [0.05, 0.1) is 19.4 Å². The molecule has 4 nitrogen and oxygen atoms in total. The average molecular weight is 278 g/mol. The minimum atomic E-state index is 0.680. The van der Waals surface area contributed by atoms with E-state index in [1.54, 1.807) is 7.11 Å². The van der Waals surface area contributed by atoms with Crippen LogP contribution in [-0.4, -0.2) is 37.7 Å². The summed E-state index contributed by atoms with van der Waals surface area (Å²) in [7, 11) is 1.80. The maximum Gasteiger partial charge on any atom is 0.118 e. The topological polar surface area (TPSA) is 37.6 Å². The summed E-state index contributed by atoms with van der Waals surface area (Å²) in [4.78, 5) is 2.49. The Morgan fingerprint density at radius 1 is 1.40 bits per heavy atom. The molecule has 112 valence electrons. The smallest absolute Gasteiger partial charge is 0.118 e. The van der Waals surface area contributed by atoms with Crippen molar-refractivity contribution in [3.8, 4) is 0 Å². The van der Waals surface area contributed by atoms with Crippen molar-refractivity contribution in [2.24, 2.45) is 5.92 Å². The number of piperidine rings is 1. The van der Waals surface area contributed by atoms with Gasteiger partial charge in [-0.05, 0) is 44.2 Å². The zero-order valence-electron chi connectivity index (χ0n) is 12.4. The van der Waals surface area contributed by atoms with Gasteiger partial charge in [0.25, 0.3) is 0 Å². The Bertz CT molecular complexity index is 412. The lowest BCUT2D eigenvalue weighted by Gasteiger charge is -2.31. The normalized spacial score (nSPS) is 24.1.